The molecule has 0 spiro atoms. The van der Waals surface area contributed by atoms with Gasteiger partial charge in [-0.2, -0.15) is 5.26 Å². The van der Waals surface area contributed by atoms with Crippen molar-refractivity contribution in [1.82, 2.24) is 0 Å². The minimum atomic E-state index is -3.28. The summed E-state index contributed by atoms with van der Waals surface area (Å²) in [5, 5.41) is 19.6. The summed E-state index contributed by atoms with van der Waals surface area (Å²) < 4.78 is 42.1. The fourth-order valence-electron chi connectivity index (χ4n) is 4.35. The average Bonchev–Trinajstić information content (AvgIpc) is 2.84. The number of nitrogens with zero attached hydrogens (tertiary/aromatic N) is 1. The molecule has 2 nitrogen and oxygen atoms in total. The Morgan fingerprint density at radius 3 is 2.73 bits per heavy atom. The molecule has 0 unspecified atom stereocenters. The summed E-state index contributed by atoms with van der Waals surface area (Å²) in [6.45, 7) is 0. The Morgan fingerprint density at radius 1 is 1.23 bits per heavy atom. The van der Waals surface area contributed by atoms with Crippen LogP contribution in [0, 0.1) is 17.1 Å². The smallest absolute Gasteiger partial charge is 0.281 e. The summed E-state index contributed by atoms with van der Waals surface area (Å²) in [7, 11) is 0. The normalized spacial score (nSPS) is 23.2. The molecular formula is C20H15ClF3NO. The van der Waals surface area contributed by atoms with Crippen LogP contribution in [-0.4, -0.2) is 11.0 Å². The lowest BCUT2D eigenvalue weighted by atomic mass is 9.75. The number of nitriles is 1. The van der Waals surface area contributed by atoms with Gasteiger partial charge in [0, 0.05) is 22.9 Å². The highest BCUT2D eigenvalue weighted by molar-refractivity contribution is 6.31. The second-order valence-electron chi connectivity index (χ2n) is 6.95. The van der Waals surface area contributed by atoms with Crippen LogP contribution in [0.4, 0.5) is 13.2 Å². The van der Waals surface area contributed by atoms with E-state index in [0.29, 0.717) is 29.5 Å². The summed E-state index contributed by atoms with van der Waals surface area (Å²) in [6.07, 6.45) is -0.441. The van der Waals surface area contributed by atoms with Gasteiger partial charge in [0.2, 0.25) is 0 Å². The zero-order chi connectivity index (χ0) is 18.6. The summed E-state index contributed by atoms with van der Waals surface area (Å²) in [5.74, 6) is -4.04. The van der Waals surface area contributed by atoms with Gasteiger partial charge in [0.1, 0.15) is 11.9 Å². The first-order valence-electron chi connectivity index (χ1n) is 8.43. The second-order valence-corrected chi connectivity index (χ2v) is 7.36. The summed E-state index contributed by atoms with van der Waals surface area (Å²) in [5.41, 5.74) is 2.74. The SMILES string of the molecule is N#Cc1cc(F)cc2c1[C@@H](c1ccc(Cl)c3c1CC(F)(F)[C@H]3O)CCC2. The van der Waals surface area contributed by atoms with E-state index >= 15 is 0 Å². The van der Waals surface area contributed by atoms with Crippen LogP contribution in [-0.2, 0) is 12.8 Å². The van der Waals surface area contributed by atoms with Crippen molar-refractivity contribution in [3.05, 3.63) is 68.5 Å². The fraction of sp³-hybridized carbons (Fsp3) is 0.350. The van der Waals surface area contributed by atoms with E-state index in [1.54, 1.807) is 6.07 Å². The van der Waals surface area contributed by atoms with E-state index in [1.165, 1.54) is 18.2 Å². The van der Waals surface area contributed by atoms with Crippen LogP contribution in [0.15, 0.2) is 24.3 Å². The Hall–Kier alpha value is -2.03. The van der Waals surface area contributed by atoms with Crippen LogP contribution in [0.5, 0.6) is 0 Å². The number of rotatable bonds is 1. The van der Waals surface area contributed by atoms with Crippen molar-refractivity contribution in [2.24, 2.45) is 0 Å². The van der Waals surface area contributed by atoms with Gasteiger partial charge in [-0.3, -0.25) is 0 Å². The molecule has 26 heavy (non-hydrogen) atoms. The van der Waals surface area contributed by atoms with Crippen LogP contribution < -0.4 is 0 Å². The first-order chi connectivity index (χ1) is 12.3. The first-order valence-corrected chi connectivity index (χ1v) is 8.80. The number of halogens is 4. The number of aliphatic hydroxyl groups excluding tert-OH is 1. The average molecular weight is 378 g/mol. The number of benzene rings is 2. The van der Waals surface area contributed by atoms with Gasteiger partial charge in [-0.1, -0.05) is 17.7 Å². The number of hydrogen-bond donors (Lipinski definition) is 1. The van der Waals surface area contributed by atoms with Crippen molar-refractivity contribution in [3.8, 4) is 6.07 Å². The van der Waals surface area contributed by atoms with Crippen molar-refractivity contribution in [1.29, 1.82) is 5.26 Å². The third-order valence-corrected chi connectivity index (χ3v) is 5.77. The van der Waals surface area contributed by atoms with E-state index < -0.39 is 24.3 Å². The van der Waals surface area contributed by atoms with Gasteiger partial charge in [0.05, 0.1) is 11.6 Å². The van der Waals surface area contributed by atoms with E-state index in [-0.39, 0.29) is 22.1 Å². The maximum Gasteiger partial charge on any atom is 0.281 e. The van der Waals surface area contributed by atoms with Crippen LogP contribution in [0.2, 0.25) is 5.02 Å². The van der Waals surface area contributed by atoms with Gasteiger partial charge in [-0.05, 0) is 59.7 Å². The predicted octanol–water partition coefficient (Wildman–Crippen LogP) is 5.04. The Morgan fingerprint density at radius 2 is 2.00 bits per heavy atom. The van der Waals surface area contributed by atoms with Gasteiger partial charge >= 0.3 is 0 Å². The van der Waals surface area contributed by atoms with E-state index in [9.17, 15) is 23.5 Å². The van der Waals surface area contributed by atoms with Gasteiger partial charge in [-0.25, -0.2) is 13.2 Å². The Balaban J connectivity index is 1.93. The quantitative estimate of drug-likeness (QED) is 0.756. The molecule has 2 atom stereocenters. The van der Waals surface area contributed by atoms with Gasteiger partial charge < -0.3 is 5.11 Å². The standard InChI is InChI=1S/C20H15ClF3NO/c21-16-5-4-13(15-8-20(23,24)19(26)18(15)16)14-3-1-2-10-6-12(22)7-11(9-25)17(10)14/h4-7,14,19,26H,1-3,8H2/t14-,19+/m1/s1. The molecule has 0 radical (unpaired) electrons. The molecule has 0 heterocycles. The highest BCUT2D eigenvalue weighted by atomic mass is 35.5. The monoisotopic (exact) mass is 377 g/mol. The Bertz CT molecular complexity index is 951. The molecule has 2 aliphatic rings. The number of hydrogen-bond acceptors (Lipinski definition) is 2. The van der Waals surface area contributed by atoms with Crippen LogP contribution in [0.1, 0.15) is 58.2 Å². The molecule has 1 N–H and O–H groups in total. The molecule has 4 rings (SSSR count). The molecular weight excluding hydrogens is 363 g/mol. The number of alkyl halides is 2. The molecule has 0 aliphatic heterocycles. The highest BCUT2D eigenvalue weighted by Gasteiger charge is 2.49. The van der Waals surface area contributed by atoms with Crippen LogP contribution in [0.3, 0.4) is 0 Å². The summed E-state index contributed by atoms with van der Waals surface area (Å²) in [4.78, 5) is 0. The van der Waals surface area contributed by atoms with Crippen LogP contribution in [0.25, 0.3) is 0 Å². The van der Waals surface area contributed by atoms with Gasteiger partial charge in [-0.15, -0.1) is 0 Å². The fourth-order valence-corrected chi connectivity index (χ4v) is 4.63. The van der Waals surface area contributed by atoms with E-state index in [2.05, 4.69) is 0 Å². The van der Waals surface area contributed by atoms with E-state index in [1.807, 2.05) is 6.07 Å². The van der Waals surface area contributed by atoms with Crippen molar-refractivity contribution < 1.29 is 18.3 Å². The topological polar surface area (TPSA) is 44.0 Å². The minimum absolute atomic E-state index is 0.0712. The van der Waals surface area contributed by atoms with Gasteiger partial charge in [0.15, 0.2) is 0 Å². The van der Waals surface area contributed by atoms with Crippen molar-refractivity contribution in [3.63, 3.8) is 0 Å². The maximum atomic E-state index is 14.1. The molecule has 2 aromatic rings. The Labute approximate surface area is 153 Å². The molecule has 2 aromatic carbocycles. The lowest BCUT2D eigenvalue weighted by Crippen LogP contribution is -2.21. The molecule has 0 bridgehead atoms. The molecule has 0 saturated heterocycles. The third kappa shape index (κ3) is 2.52. The first kappa shape index (κ1) is 17.4. The number of aliphatic hydroxyl groups is 1. The third-order valence-electron chi connectivity index (χ3n) is 5.44. The largest absolute Gasteiger partial charge is 0.382 e. The molecule has 0 fully saturated rings. The van der Waals surface area contributed by atoms with E-state index in [0.717, 1.165) is 12.0 Å². The molecule has 2 aliphatic carbocycles. The van der Waals surface area contributed by atoms with Crippen molar-refractivity contribution in [2.45, 2.75) is 43.6 Å². The Kier molecular flexibility index (Phi) is 4.02. The summed E-state index contributed by atoms with van der Waals surface area (Å²) >= 11 is 6.09. The molecule has 0 aromatic heterocycles. The van der Waals surface area contributed by atoms with Gasteiger partial charge in [0.25, 0.3) is 5.92 Å². The second kappa shape index (κ2) is 6.00. The zero-order valence-electron chi connectivity index (χ0n) is 13.7. The van der Waals surface area contributed by atoms with E-state index in [4.69, 9.17) is 11.6 Å². The molecule has 0 saturated carbocycles. The van der Waals surface area contributed by atoms with Crippen molar-refractivity contribution in [2.75, 3.05) is 0 Å². The molecule has 0 amide bonds. The predicted molar refractivity (Wildman–Crippen MR) is 91.0 cm³/mol. The lowest BCUT2D eigenvalue weighted by molar-refractivity contribution is -0.0968. The maximum absolute atomic E-state index is 14.1. The number of fused-ring (bicyclic) bond motifs is 2. The summed E-state index contributed by atoms with van der Waals surface area (Å²) in [6, 6.07) is 7.86. The zero-order valence-corrected chi connectivity index (χ0v) is 14.5. The number of aryl methyl sites for hydroxylation is 1. The van der Waals surface area contributed by atoms with Crippen LogP contribution >= 0.6 is 11.6 Å². The van der Waals surface area contributed by atoms with Crippen molar-refractivity contribution >= 4 is 11.6 Å². The molecule has 6 heteroatoms. The lowest BCUT2D eigenvalue weighted by Gasteiger charge is -2.29. The molecule has 134 valence electrons. The highest BCUT2D eigenvalue weighted by Crippen LogP contribution is 2.50. The minimum Gasteiger partial charge on any atom is -0.382 e.